The van der Waals surface area contributed by atoms with Gasteiger partial charge in [-0.1, -0.05) is 60.7 Å². The molecule has 0 saturated carbocycles. The molecule has 10 rings (SSSR count). The molecular formula is C44H40N4O6. The van der Waals surface area contributed by atoms with Crippen LogP contribution in [-0.4, -0.2) is 84.0 Å². The lowest BCUT2D eigenvalue weighted by atomic mass is 10.0. The molecule has 6 aromatic rings. The second-order valence-corrected chi connectivity index (χ2v) is 13.9. The minimum atomic E-state index is 0.253. The highest BCUT2D eigenvalue weighted by molar-refractivity contribution is 5.65. The summed E-state index contributed by atoms with van der Waals surface area (Å²) < 4.78 is 32.2. The maximum absolute atomic E-state index is 5.67. The van der Waals surface area contributed by atoms with E-state index in [-0.39, 0.29) is 12.2 Å². The van der Waals surface area contributed by atoms with Gasteiger partial charge >= 0.3 is 0 Å². The van der Waals surface area contributed by atoms with Crippen LogP contribution in [0.4, 0.5) is 0 Å². The number of rotatable bonds is 14. The summed E-state index contributed by atoms with van der Waals surface area (Å²) in [7, 11) is 0. The maximum Gasteiger partial charge on any atom is 0.159 e. The third kappa shape index (κ3) is 9.52. The van der Waals surface area contributed by atoms with Gasteiger partial charge in [0.05, 0.1) is 38.6 Å². The Morgan fingerprint density at radius 2 is 0.704 bits per heavy atom. The van der Waals surface area contributed by atoms with Crippen molar-refractivity contribution in [3.8, 4) is 56.5 Å². The third-order valence-corrected chi connectivity index (χ3v) is 9.51. The average molecular weight is 721 g/mol. The molecule has 0 N–H and O–H groups in total. The maximum atomic E-state index is 5.67. The van der Waals surface area contributed by atoms with Crippen molar-refractivity contribution in [1.29, 1.82) is 0 Å². The topological polar surface area (TPSA) is 120 Å². The summed E-state index contributed by atoms with van der Waals surface area (Å²) in [6.07, 6.45) is 10.8. The Labute approximate surface area is 314 Å². The zero-order valence-corrected chi connectivity index (χ0v) is 29.8. The highest BCUT2D eigenvalue weighted by atomic mass is 16.6. The van der Waals surface area contributed by atoms with Gasteiger partial charge in [-0.3, -0.25) is 0 Å². The standard InChI is InChI=1S/C22H20N2O4.C22H20N2O2/c1-5-18(25-11-20-13-27-20)6-2-15(1)17-9-23-22(24-10-17)16-3-7-19(8-4-16)26-12-21-14-28-21;1-5-17(6-2-15(1)9-20-13-25-20)19-11-23-22(24-12-19)18-7-3-16(4-8-18)10-21-14-26-21/h1-10,20-21H,11-14H2;1-8,11-12,20-21H,9-10,13-14H2. The summed E-state index contributed by atoms with van der Waals surface area (Å²) >= 11 is 0. The van der Waals surface area contributed by atoms with Crippen molar-refractivity contribution >= 4 is 0 Å². The molecule has 6 heterocycles. The first kappa shape index (κ1) is 34.3. The molecule has 0 amide bonds. The molecule has 4 fully saturated rings. The predicted octanol–water partition coefficient (Wildman–Crippen LogP) is 7.06. The van der Waals surface area contributed by atoms with Gasteiger partial charge in [0.15, 0.2) is 11.6 Å². The molecule has 10 nitrogen and oxygen atoms in total. The molecule has 4 unspecified atom stereocenters. The minimum absolute atomic E-state index is 0.253. The molecule has 54 heavy (non-hydrogen) atoms. The smallest absolute Gasteiger partial charge is 0.159 e. The first-order valence-electron chi connectivity index (χ1n) is 18.4. The van der Waals surface area contributed by atoms with Crippen molar-refractivity contribution in [2.24, 2.45) is 0 Å². The van der Waals surface area contributed by atoms with E-state index in [1.165, 1.54) is 11.1 Å². The Morgan fingerprint density at radius 3 is 1.06 bits per heavy atom. The van der Waals surface area contributed by atoms with Crippen molar-refractivity contribution in [2.45, 2.75) is 37.3 Å². The van der Waals surface area contributed by atoms with Crippen LogP contribution < -0.4 is 9.47 Å². The average Bonchev–Trinajstić information content (AvgIpc) is 4.01. The van der Waals surface area contributed by atoms with Gasteiger partial charge in [0.2, 0.25) is 0 Å². The number of hydrogen-bond donors (Lipinski definition) is 0. The summed E-state index contributed by atoms with van der Waals surface area (Å²) in [5.74, 6) is 3.11. The molecule has 2 aromatic heterocycles. The van der Waals surface area contributed by atoms with Crippen molar-refractivity contribution < 1.29 is 28.4 Å². The van der Waals surface area contributed by atoms with Gasteiger partial charge in [-0.05, 0) is 58.7 Å². The Bertz CT molecular complexity index is 1960. The first-order chi connectivity index (χ1) is 26.7. The largest absolute Gasteiger partial charge is 0.491 e. The fraction of sp³-hybridized carbons (Fsp3) is 0.273. The normalized spacial score (nSPS) is 20.3. The first-order valence-corrected chi connectivity index (χ1v) is 18.4. The molecule has 4 aliphatic heterocycles. The molecule has 0 radical (unpaired) electrons. The molecule has 0 bridgehead atoms. The highest BCUT2D eigenvalue weighted by Gasteiger charge is 2.25. The molecule has 10 heteroatoms. The van der Waals surface area contributed by atoms with E-state index in [9.17, 15) is 0 Å². The van der Waals surface area contributed by atoms with E-state index >= 15 is 0 Å². The lowest BCUT2D eigenvalue weighted by molar-refractivity contribution is 0.263. The molecule has 0 aliphatic carbocycles. The zero-order chi connectivity index (χ0) is 36.1. The van der Waals surface area contributed by atoms with Crippen molar-refractivity contribution in [1.82, 2.24) is 19.9 Å². The number of hydrogen-bond acceptors (Lipinski definition) is 10. The van der Waals surface area contributed by atoms with Gasteiger partial charge in [-0.25, -0.2) is 19.9 Å². The predicted molar refractivity (Wildman–Crippen MR) is 203 cm³/mol. The Hall–Kier alpha value is -5.52. The number of benzene rings is 4. The molecule has 4 saturated heterocycles. The molecule has 4 aliphatic rings. The van der Waals surface area contributed by atoms with Crippen molar-refractivity contribution in [3.05, 3.63) is 133 Å². The number of nitrogens with zero attached hydrogens (tertiary/aromatic N) is 4. The van der Waals surface area contributed by atoms with Crippen LogP contribution in [0.1, 0.15) is 11.1 Å². The fourth-order valence-corrected chi connectivity index (χ4v) is 5.92. The van der Waals surface area contributed by atoms with Crippen LogP contribution in [0.2, 0.25) is 0 Å². The highest BCUT2D eigenvalue weighted by Crippen LogP contribution is 2.27. The summed E-state index contributed by atoms with van der Waals surface area (Å²) in [5, 5.41) is 0. The Kier molecular flexibility index (Phi) is 10.0. The van der Waals surface area contributed by atoms with E-state index < -0.39 is 0 Å². The Morgan fingerprint density at radius 1 is 0.389 bits per heavy atom. The number of aromatic nitrogens is 4. The van der Waals surface area contributed by atoms with Crippen LogP contribution >= 0.6 is 0 Å². The number of epoxide rings is 4. The van der Waals surface area contributed by atoms with E-state index in [2.05, 4.69) is 68.5 Å². The van der Waals surface area contributed by atoms with Gasteiger partial charge < -0.3 is 28.4 Å². The van der Waals surface area contributed by atoms with Gasteiger partial charge in [0, 0.05) is 59.9 Å². The second kappa shape index (κ2) is 15.8. The van der Waals surface area contributed by atoms with Gasteiger partial charge in [-0.15, -0.1) is 0 Å². The molecule has 4 aromatic carbocycles. The van der Waals surface area contributed by atoms with E-state index in [1.807, 2.05) is 73.3 Å². The molecule has 0 spiro atoms. The van der Waals surface area contributed by atoms with Crippen molar-refractivity contribution in [2.75, 3.05) is 39.6 Å². The lowest BCUT2D eigenvalue weighted by Gasteiger charge is -2.07. The van der Waals surface area contributed by atoms with E-state index in [0.29, 0.717) is 31.2 Å². The third-order valence-electron chi connectivity index (χ3n) is 9.51. The molecule has 272 valence electrons. The quantitative estimate of drug-likeness (QED) is 0.108. The fourth-order valence-electron chi connectivity index (χ4n) is 5.92. The van der Waals surface area contributed by atoms with Crippen molar-refractivity contribution in [3.63, 3.8) is 0 Å². The SMILES string of the molecule is c1cc(-c2cnc(-c3ccc(CC4CO4)cc3)nc2)ccc1CC1CO1.c1cc(-c2cnc(-c3ccc(OCC4CO4)cc3)nc2)ccc1OCC1CO1. The van der Waals surface area contributed by atoms with Crippen LogP contribution in [0, 0.1) is 0 Å². The van der Waals surface area contributed by atoms with Crippen LogP contribution in [-0.2, 0) is 31.8 Å². The summed E-state index contributed by atoms with van der Waals surface area (Å²) in [6.45, 7) is 4.59. The molecule has 4 atom stereocenters. The number of ether oxygens (including phenoxy) is 6. The minimum Gasteiger partial charge on any atom is -0.491 e. The van der Waals surface area contributed by atoms with Crippen LogP contribution in [0.5, 0.6) is 11.5 Å². The zero-order valence-electron chi connectivity index (χ0n) is 29.8. The van der Waals surface area contributed by atoms with E-state index in [4.69, 9.17) is 28.4 Å². The summed E-state index contributed by atoms with van der Waals surface area (Å²) in [6, 6.07) is 32.7. The van der Waals surface area contributed by atoms with Gasteiger partial charge in [0.25, 0.3) is 0 Å². The van der Waals surface area contributed by atoms with E-state index in [0.717, 1.165) is 90.0 Å². The van der Waals surface area contributed by atoms with E-state index in [1.54, 1.807) is 0 Å². The molecular weight excluding hydrogens is 681 g/mol. The summed E-state index contributed by atoms with van der Waals surface area (Å²) in [5.41, 5.74) is 8.78. The Balaban J connectivity index is 0.000000143. The van der Waals surface area contributed by atoms with Crippen LogP contribution in [0.25, 0.3) is 45.0 Å². The summed E-state index contributed by atoms with van der Waals surface area (Å²) in [4.78, 5) is 18.1. The van der Waals surface area contributed by atoms with Gasteiger partial charge in [0.1, 0.15) is 36.9 Å². The van der Waals surface area contributed by atoms with Crippen LogP contribution in [0.15, 0.2) is 122 Å². The lowest BCUT2D eigenvalue weighted by Crippen LogP contribution is -2.03. The van der Waals surface area contributed by atoms with Crippen LogP contribution in [0.3, 0.4) is 0 Å². The van der Waals surface area contributed by atoms with Gasteiger partial charge in [-0.2, -0.15) is 0 Å². The monoisotopic (exact) mass is 720 g/mol. The second-order valence-electron chi connectivity index (χ2n) is 13.9.